The largest absolute Gasteiger partial charge is 0.419 e. The number of aryl methyl sites for hydroxylation is 1. The molecule has 0 atom stereocenters. The van der Waals surface area contributed by atoms with Crippen LogP contribution in [0.5, 0.6) is 0 Å². The molecule has 24 heavy (non-hydrogen) atoms. The van der Waals surface area contributed by atoms with Gasteiger partial charge in [0, 0.05) is 10.8 Å². The fourth-order valence-corrected chi connectivity index (χ4v) is 4.06. The second-order valence-corrected chi connectivity index (χ2v) is 6.80. The van der Waals surface area contributed by atoms with Crippen molar-refractivity contribution in [2.75, 3.05) is 0 Å². The van der Waals surface area contributed by atoms with Crippen LogP contribution < -0.4 is 0 Å². The van der Waals surface area contributed by atoms with Crippen molar-refractivity contribution in [2.24, 2.45) is 0 Å². The van der Waals surface area contributed by atoms with E-state index in [2.05, 4.69) is 0 Å². The first kappa shape index (κ1) is 17.1. The second kappa shape index (κ2) is 6.31. The normalized spacial score (nSPS) is 12.4. The minimum Gasteiger partial charge on any atom is -0.205 e. The Balaban J connectivity index is 2.16. The highest BCUT2D eigenvalue weighted by Gasteiger charge is 2.35. The lowest BCUT2D eigenvalue weighted by Crippen LogP contribution is -2.07. The molecule has 2 aromatic carbocycles. The van der Waals surface area contributed by atoms with E-state index < -0.39 is 23.4 Å². The van der Waals surface area contributed by atoms with Crippen LogP contribution in [-0.4, -0.2) is 0 Å². The van der Waals surface area contributed by atoms with Crippen molar-refractivity contribution in [2.45, 2.75) is 38.8 Å². The molecule has 3 rings (SSSR count). The van der Waals surface area contributed by atoms with Crippen molar-refractivity contribution in [3.8, 4) is 0 Å². The Morgan fingerprint density at radius 1 is 0.875 bits per heavy atom. The summed E-state index contributed by atoms with van der Waals surface area (Å²) in [6, 6.07) is 5.26. The van der Waals surface area contributed by atoms with Crippen molar-refractivity contribution < 1.29 is 22.0 Å². The summed E-state index contributed by atoms with van der Waals surface area (Å²) in [4.78, 5) is 0. The van der Waals surface area contributed by atoms with Gasteiger partial charge in [0.15, 0.2) is 5.82 Å². The predicted octanol–water partition coefficient (Wildman–Crippen LogP) is 7.08. The smallest absolute Gasteiger partial charge is 0.205 e. The Labute approximate surface area is 139 Å². The number of unbranched alkanes of at least 4 members (excludes halogenated alkanes) is 2. The lowest BCUT2D eigenvalue weighted by atomic mass is 10.0. The van der Waals surface area contributed by atoms with E-state index in [0.29, 0.717) is 22.8 Å². The highest BCUT2D eigenvalue weighted by Crippen LogP contribution is 2.42. The SMILES string of the molecule is CCCCCc1ccc2c(sc3c(F)c(C(F)(F)F)ccc32)c1F. The Bertz CT molecular complexity index is 892. The van der Waals surface area contributed by atoms with E-state index in [4.69, 9.17) is 0 Å². The lowest BCUT2D eigenvalue weighted by Gasteiger charge is -2.07. The van der Waals surface area contributed by atoms with Gasteiger partial charge in [-0.3, -0.25) is 0 Å². The fourth-order valence-electron chi connectivity index (χ4n) is 2.86. The highest BCUT2D eigenvalue weighted by molar-refractivity contribution is 7.25. The highest BCUT2D eigenvalue weighted by atomic mass is 32.1. The third-order valence-corrected chi connectivity index (χ3v) is 5.33. The zero-order valence-corrected chi connectivity index (χ0v) is 13.8. The van der Waals surface area contributed by atoms with E-state index >= 15 is 0 Å². The topological polar surface area (TPSA) is 0 Å². The third kappa shape index (κ3) is 2.88. The fraction of sp³-hybridized carbons (Fsp3) is 0.333. The Morgan fingerprint density at radius 3 is 2.12 bits per heavy atom. The molecule has 0 unspecified atom stereocenters. The number of thiophene rings is 1. The van der Waals surface area contributed by atoms with Crippen LogP contribution in [0.15, 0.2) is 24.3 Å². The van der Waals surface area contributed by atoms with Gasteiger partial charge in [-0.05, 0) is 24.5 Å². The number of benzene rings is 2. The summed E-state index contributed by atoms with van der Waals surface area (Å²) in [6.07, 6.45) is -1.36. The molecule has 0 amide bonds. The second-order valence-electron chi connectivity index (χ2n) is 5.78. The molecule has 6 heteroatoms. The summed E-state index contributed by atoms with van der Waals surface area (Å²) < 4.78 is 67.5. The van der Waals surface area contributed by atoms with Gasteiger partial charge in [0.1, 0.15) is 5.82 Å². The van der Waals surface area contributed by atoms with E-state index in [0.717, 1.165) is 36.7 Å². The number of halogens is 5. The van der Waals surface area contributed by atoms with Gasteiger partial charge in [0.25, 0.3) is 0 Å². The van der Waals surface area contributed by atoms with Gasteiger partial charge in [-0.1, -0.05) is 38.0 Å². The zero-order chi connectivity index (χ0) is 17.5. The molecule has 128 valence electrons. The van der Waals surface area contributed by atoms with E-state index in [1.54, 1.807) is 12.1 Å². The number of hydrogen-bond donors (Lipinski definition) is 0. The molecule has 0 radical (unpaired) electrons. The predicted molar refractivity (Wildman–Crippen MR) is 87.5 cm³/mol. The van der Waals surface area contributed by atoms with Gasteiger partial charge in [-0.2, -0.15) is 13.2 Å². The molecular formula is C18H15F5S. The van der Waals surface area contributed by atoms with E-state index in [1.165, 1.54) is 6.07 Å². The maximum atomic E-state index is 14.7. The molecule has 0 bridgehead atoms. The van der Waals surface area contributed by atoms with Crippen LogP contribution in [0, 0.1) is 11.6 Å². The van der Waals surface area contributed by atoms with Gasteiger partial charge < -0.3 is 0 Å². The molecule has 0 aliphatic heterocycles. The van der Waals surface area contributed by atoms with Crippen LogP contribution in [0.2, 0.25) is 0 Å². The number of rotatable bonds is 4. The number of fused-ring (bicyclic) bond motifs is 3. The summed E-state index contributed by atoms with van der Waals surface area (Å²) in [7, 11) is 0. The van der Waals surface area contributed by atoms with Crippen molar-refractivity contribution in [1.29, 1.82) is 0 Å². The first-order valence-electron chi connectivity index (χ1n) is 7.74. The summed E-state index contributed by atoms with van der Waals surface area (Å²) in [5.74, 6) is -1.77. The van der Waals surface area contributed by atoms with Gasteiger partial charge in [-0.15, -0.1) is 11.3 Å². The summed E-state index contributed by atoms with van der Waals surface area (Å²) in [5.41, 5.74) is -0.788. The van der Waals surface area contributed by atoms with Crippen molar-refractivity contribution in [3.05, 3.63) is 47.0 Å². The van der Waals surface area contributed by atoms with E-state index in [9.17, 15) is 22.0 Å². The van der Waals surface area contributed by atoms with Gasteiger partial charge >= 0.3 is 6.18 Å². The number of hydrogen-bond acceptors (Lipinski definition) is 1. The Morgan fingerprint density at radius 2 is 1.50 bits per heavy atom. The zero-order valence-electron chi connectivity index (χ0n) is 12.9. The van der Waals surface area contributed by atoms with Crippen molar-refractivity contribution in [3.63, 3.8) is 0 Å². The van der Waals surface area contributed by atoms with E-state index in [1.807, 2.05) is 6.92 Å². The first-order chi connectivity index (χ1) is 11.3. The molecule has 1 heterocycles. The van der Waals surface area contributed by atoms with Crippen molar-refractivity contribution >= 4 is 31.5 Å². The molecule has 0 N–H and O–H groups in total. The lowest BCUT2D eigenvalue weighted by molar-refractivity contribution is -0.139. The molecule has 0 saturated carbocycles. The molecule has 0 saturated heterocycles. The summed E-state index contributed by atoms with van der Waals surface area (Å²) in [6.45, 7) is 2.05. The molecule has 0 aliphatic rings. The van der Waals surface area contributed by atoms with Crippen LogP contribution in [-0.2, 0) is 12.6 Å². The molecule has 0 aliphatic carbocycles. The molecule has 0 spiro atoms. The molecule has 3 aromatic rings. The molecular weight excluding hydrogens is 343 g/mol. The van der Waals surface area contributed by atoms with Crippen LogP contribution in [0.3, 0.4) is 0 Å². The standard InChI is InChI=1S/C18H15F5S/c1-2-3-4-5-10-6-7-11-12-8-9-13(18(21,22)23)15(20)17(12)24-16(11)14(10)19/h6-9H,2-5H2,1H3. The Hall–Kier alpha value is -1.69. The first-order valence-corrected chi connectivity index (χ1v) is 8.55. The van der Waals surface area contributed by atoms with Crippen LogP contribution in [0.4, 0.5) is 22.0 Å². The summed E-state index contributed by atoms with van der Waals surface area (Å²) in [5, 5.41) is 0.777. The van der Waals surface area contributed by atoms with Gasteiger partial charge in [0.05, 0.1) is 15.0 Å². The van der Waals surface area contributed by atoms with Gasteiger partial charge in [0.2, 0.25) is 0 Å². The molecule has 0 nitrogen and oxygen atoms in total. The average Bonchev–Trinajstić information content (AvgIpc) is 2.89. The monoisotopic (exact) mass is 358 g/mol. The number of alkyl halides is 3. The molecule has 0 fully saturated rings. The maximum Gasteiger partial charge on any atom is 0.419 e. The molecule has 1 aromatic heterocycles. The minimum atomic E-state index is -4.77. The Kier molecular flexibility index (Phi) is 4.51. The van der Waals surface area contributed by atoms with Crippen LogP contribution in [0.25, 0.3) is 20.2 Å². The van der Waals surface area contributed by atoms with Gasteiger partial charge in [-0.25, -0.2) is 8.78 Å². The van der Waals surface area contributed by atoms with E-state index in [-0.39, 0.29) is 9.40 Å². The summed E-state index contributed by atoms with van der Waals surface area (Å²) >= 11 is 0.749. The minimum absolute atomic E-state index is 0.149. The van der Waals surface area contributed by atoms with Crippen molar-refractivity contribution in [1.82, 2.24) is 0 Å². The maximum absolute atomic E-state index is 14.7. The third-order valence-electron chi connectivity index (χ3n) is 4.12. The average molecular weight is 358 g/mol. The quantitative estimate of drug-likeness (QED) is 0.345. The van der Waals surface area contributed by atoms with Crippen LogP contribution >= 0.6 is 11.3 Å². The van der Waals surface area contributed by atoms with Crippen LogP contribution in [0.1, 0.15) is 37.3 Å².